The van der Waals surface area contributed by atoms with Crippen LogP contribution >= 0.6 is 0 Å². The lowest BCUT2D eigenvalue weighted by Gasteiger charge is -2.16. The van der Waals surface area contributed by atoms with E-state index >= 15 is 0 Å². The first-order valence-corrected chi connectivity index (χ1v) is 6.52. The fourth-order valence-corrected chi connectivity index (χ4v) is 1.86. The third-order valence-corrected chi connectivity index (χ3v) is 3.09. The number of hydrogen-bond donors (Lipinski definition) is 2. The fraction of sp³-hybridized carbons (Fsp3) is 0.333. The van der Waals surface area contributed by atoms with Gasteiger partial charge < -0.3 is 15.5 Å². The van der Waals surface area contributed by atoms with E-state index in [9.17, 15) is 4.79 Å². The lowest BCUT2D eigenvalue weighted by atomic mass is 10.1. The van der Waals surface area contributed by atoms with Crippen molar-refractivity contribution < 1.29 is 9.21 Å². The Balaban J connectivity index is 2.02. The zero-order valence-corrected chi connectivity index (χ0v) is 11.9. The zero-order valence-electron chi connectivity index (χ0n) is 11.9. The van der Waals surface area contributed by atoms with Crippen LogP contribution in [0.4, 0.5) is 0 Å². The van der Waals surface area contributed by atoms with Gasteiger partial charge in [-0.2, -0.15) is 0 Å². The number of aromatic nitrogens is 1. The van der Waals surface area contributed by atoms with Gasteiger partial charge in [-0.05, 0) is 26.3 Å². The van der Waals surface area contributed by atoms with Crippen molar-refractivity contribution in [3.05, 3.63) is 53.2 Å². The largest absolute Gasteiger partial charge is 0.444 e. The molecule has 2 aromatic rings. The van der Waals surface area contributed by atoms with Gasteiger partial charge in [-0.15, -0.1) is 0 Å². The van der Waals surface area contributed by atoms with Gasteiger partial charge in [-0.1, -0.05) is 29.8 Å². The van der Waals surface area contributed by atoms with Crippen LogP contribution in [0.15, 0.2) is 34.9 Å². The summed E-state index contributed by atoms with van der Waals surface area (Å²) < 4.78 is 5.38. The third kappa shape index (κ3) is 3.24. The van der Waals surface area contributed by atoms with Crippen LogP contribution in [0.5, 0.6) is 0 Å². The second kappa shape index (κ2) is 5.88. The van der Waals surface area contributed by atoms with Crippen molar-refractivity contribution in [2.24, 2.45) is 5.73 Å². The zero-order chi connectivity index (χ0) is 14.7. The number of nitrogens with two attached hydrogens (primary N) is 1. The van der Waals surface area contributed by atoms with Crippen molar-refractivity contribution in [1.82, 2.24) is 10.3 Å². The van der Waals surface area contributed by atoms with Gasteiger partial charge in [0.05, 0.1) is 6.20 Å². The normalized spacial score (nSPS) is 13.8. The molecule has 0 spiro atoms. The molecule has 1 amide bonds. The number of amides is 1. The van der Waals surface area contributed by atoms with E-state index < -0.39 is 6.04 Å². The number of oxazole rings is 1. The number of rotatable bonds is 4. The summed E-state index contributed by atoms with van der Waals surface area (Å²) in [6.45, 7) is 5.61. The van der Waals surface area contributed by atoms with Crippen molar-refractivity contribution in [2.75, 3.05) is 0 Å². The van der Waals surface area contributed by atoms with Crippen molar-refractivity contribution >= 4 is 5.91 Å². The first-order valence-electron chi connectivity index (χ1n) is 6.52. The molecule has 1 aromatic heterocycles. The molecule has 2 unspecified atom stereocenters. The van der Waals surface area contributed by atoms with E-state index in [0.717, 1.165) is 11.1 Å². The lowest BCUT2D eigenvalue weighted by molar-refractivity contribution is -0.123. The van der Waals surface area contributed by atoms with Gasteiger partial charge in [0, 0.05) is 0 Å². The van der Waals surface area contributed by atoms with E-state index in [1.165, 1.54) is 0 Å². The SMILES string of the molecule is Cc1ccc(C(N)C(=O)NC(C)c2ncc(C)o2)cc1. The summed E-state index contributed by atoms with van der Waals surface area (Å²) >= 11 is 0. The number of hydrogen-bond acceptors (Lipinski definition) is 4. The van der Waals surface area contributed by atoms with E-state index in [0.29, 0.717) is 11.7 Å². The molecule has 5 nitrogen and oxygen atoms in total. The Kier molecular flexibility index (Phi) is 4.20. The van der Waals surface area contributed by atoms with Crippen LogP contribution in [0.25, 0.3) is 0 Å². The molecule has 0 fully saturated rings. The summed E-state index contributed by atoms with van der Waals surface area (Å²) in [6, 6.07) is 6.58. The smallest absolute Gasteiger partial charge is 0.242 e. The van der Waals surface area contributed by atoms with Crippen LogP contribution < -0.4 is 11.1 Å². The van der Waals surface area contributed by atoms with Crippen molar-refractivity contribution in [3.8, 4) is 0 Å². The molecule has 106 valence electrons. The van der Waals surface area contributed by atoms with E-state index in [-0.39, 0.29) is 11.9 Å². The lowest BCUT2D eigenvalue weighted by Crippen LogP contribution is -2.35. The minimum absolute atomic E-state index is 0.253. The Bertz CT molecular complexity index is 589. The van der Waals surface area contributed by atoms with Gasteiger partial charge >= 0.3 is 0 Å². The molecule has 5 heteroatoms. The molecular formula is C15H19N3O2. The number of aryl methyl sites for hydroxylation is 2. The van der Waals surface area contributed by atoms with Crippen LogP contribution in [0, 0.1) is 13.8 Å². The quantitative estimate of drug-likeness (QED) is 0.894. The van der Waals surface area contributed by atoms with Crippen LogP contribution in [-0.4, -0.2) is 10.9 Å². The predicted octanol–water partition coefficient (Wildman–Crippen LogP) is 2.17. The summed E-state index contributed by atoms with van der Waals surface area (Å²) in [7, 11) is 0. The first kappa shape index (κ1) is 14.3. The Morgan fingerprint density at radius 2 is 1.95 bits per heavy atom. The van der Waals surface area contributed by atoms with Crippen molar-refractivity contribution in [2.45, 2.75) is 32.9 Å². The molecule has 0 saturated heterocycles. The molecule has 0 saturated carbocycles. The Morgan fingerprint density at radius 3 is 2.50 bits per heavy atom. The summed E-state index contributed by atoms with van der Waals surface area (Å²) in [5.41, 5.74) is 7.87. The minimum Gasteiger partial charge on any atom is -0.444 e. The second-order valence-electron chi connectivity index (χ2n) is 4.93. The fourth-order valence-electron chi connectivity index (χ4n) is 1.86. The van der Waals surface area contributed by atoms with Gasteiger partial charge in [-0.3, -0.25) is 4.79 Å². The molecule has 2 atom stereocenters. The first-order chi connectivity index (χ1) is 9.47. The molecule has 0 aliphatic rings. The highest BCUT2D eigenvalue weighted by molar-refractivity contribution is 5.83. The highest BCUT2D eigenvalue weighted by atomic mass is 16.4. The average Bonchev–Trinajstić information content (AvgIpc) is 2.85. The number of nitrogens with zero attached hydrogens (tertiary/aromatic N) is 1. The van der Waals surface area contributed by atoms with Crippen LogP contribution in [0.1, 0.15) is 41.8 Å². The molecule has 1 heterocycles. The van der Waals surface area contributed by atoms with E-state index in [4.69, 9.17) is 10.2 Å². The van der Waals surface area contributed by atoms with Gasteiger partial charge in [0.15, 0.2) is 0 Å². The molecule has 0 radical (unpaired) electrons. The number of carbonyl (C=O) groups is 1. The maximum atomic E-state index is 12.1. The summed E-state index contributed by atoms with van der Waals surface area (Å²) in [6.07, 6.45) is 1.62. The highest BCUT2D eigenvalue weighted by Gasteiger charge is 2.20. The Morgan fingerprint density at radius 1 is 1.30 bits per heavy atom. The highest BCUT2D eigenvalue weighted by Crippen LogP contribution is 2.15. The van der Waals surface area contributed by atoms with Crippen molar-refractivity contribution in [1.29, 1.82) is 0 Å². The minimum atomic E-state index is -0.700. The van der Waals surface area contributed by atoms with E-state index in [1.807, 2.05) is 45.0 Å². The van der Waals surface area contributed by atoms with Gasteiger partial charge in [0.25, 0.3) is 0 Å². The van der Waals surface area contributed by atoms with Gasteiger partial charge in [0.1, 0.15) is 17.8 Å². The van der Waals surface area contributed by atoms with Crippen LogP contribution in [0.3, 0.4) is 0 Å². The van der Waals surface area contributed by atoms with E-state index in [1.54, 1.807) is 6.20 Å². The van der Waals surface area contributed by atoms with Gasteiger partial charge in [0.2, 0.25) is 11.8 Å². The maximum Gasteiger partial charge on any atom is 0.242 e. The number of nitrogens with one attached hydrogen (secondary N) is 1. The Hall–Kier alpha value is -2.14. The number of benzene rings is 1. The third-order valence-electron chi connectivity index (χ3n) is 3.09. The maximum absolute atomic E-state index is 12.1. The van der Waals surface area contributed by atoms with Crippen LogP contribution in [0.2, 0.25) is 0 Å². The average molecular weight is 273 g/mol. The molecule has 3 N–H and O–H groups in total. The van der Waals surface area contributed by atoms with E-state index in [2.05, 4.69) is 10.3 Å². The molecule has 0 aliphatic carbocycles. The molecule has 2 rings (SSSR count). The van der Waals surface area contributed by atoms with Gasteiger partial charge in [-0.25, -0.2) is 4.98 Å². The van der Waals surface area contributed by atoms with Crippen LogP contribution in [-0.2, 0) is 4.79 Å². The predicted molar refractivity (Wildman–Crippen MR) is 75.9 cm³/mol. The molecule has 1 aromatic carbocycles. The summed E-state index contributed by atoms with van der Waals surface area (Å²) in [5.74, 6) is 0.938. The van der Waals surface area contributed by atoms with Crippen molar-refractivity contribution in [3.63, 3.8) is 0 Å². The standard InChI is InChI=1S/C15H19N3O2/c1-9-4-6-12(7-5-9)13(16)14(19)18-11(3)15-17-8-10(2)20-15/h4-8,11,13H,16H2,1-3H3,(H,18,19). The topological polar surface area (TPSA) is 81.2 Å². The second-order valence-corrected chi connectivity index (χ2v) is 4.93. The summed E-state index contributed by atoms with van der Waals surface area (Å²) in [5, 5.41) is 2.80. The number of carbonyl (C=O) groups excluding carboxylic acids is 1. The molecule has 0 bridgehead atoms. The molecule has 20 heavy (non-hydrogen) atoms. The molecular weight excluding hydrogens is 254 g/mol. The molecule has 0 aliphatic heterocycles. The summed E-state index contributed by atoms with van der Waals surface area (Å²) in [4.78, 5) is 16.2. The Labute approximate surface area is 118 Å². The monoisotopic (exact) mass is 273 g/mol.